The van der Waals surface area contributed by atoms with Crippen molar-refractivity contribution in [3.8, 4) is 0 Å². The summed E-state index contributed by atoms with van der Waals surface area (Å²) in [6.45, 7) is 5.07. The van der Waals surface area contributed by atoms with E-state index in [-0.39, 0.29) is 5.91 Å². The van der Waals surface area contributed by atoms with Crippen LogP contribution in [0.3, 0.4) is 0 Å². The van der Waals surface area contributed by atoms with E-state index in [1.807, 2.05) is 0 Å². The molecule has 0 saturated carbocycles. The van der Waals surface area contributed by atoms with Crippen LogP contribution in [0.25, 0.3) is 0 Å². The molecule has 1 rings (SSSR count). The Balaban J connectivity index is 2.93. The number of methoxy groups -OCH3 is 1. The molecular formula is C13H13NO3. The van der Waals surface area contributed by atoms with E-state index in [9.17, 15) is 9.59 Å². The average Bonchev–Trinajstić information content (AvgIpc) is 2.28. The third-order valence-corrected chi connectivity index (χ3v) is 2.13. The quantitative estimate of drug-likeness (QED) is 0.492. The van der Waals surface area contributed by atoms with E-state index in [1.54, 1.807) is 25.1 Å². The molecule has 0 aliphatic rings. The normalized spacial score (nSPS) is 9.06. The first-order valence-corrected chi connectivity index (χ1v) is 4.94. The van der Waals surface area contributed by atoms with Gasteiger partial charge in [-0.25, -0.2) is 4.79 Å². The number of esters is 1. The SMILES string of the molecule is C=C=CC(=O)Nc1ccc(C(=O)OC)c(C)c1. The minimum Gasteiger partial charge on any atom is -0.465 e. The molecular weight excluding hydrogens is 218 g/mol. The van der Waals surface area contributed by atoms with Gasteiger partial charge in [0, 0.05) is 11.8 Å². The summed E-state index contributed by atoms with van der Waals surface area (Å²) in [5, 5.41) is 2.62. The van der Waals surface area contributed by atoms with Gasteiger partial charge in [0.2, 0.25) is 0 Å². The summed E-state index contributed by atoms with van der Waals surface area (Å²) in [4.78, 5) is 22.6. The molecule has 0 heterocycles. The monoisotopic (exact) mass is 231 g/mol. The summed E-state index contributed by atoms with van der Waals surface area (Å²) in [5.74, 6) is -0.711. The van der Waals surface area contributed by atoms with Gasteiger partial charge >= 0.3 is 5.97 Å². The van der Waals surface area contributed by atoms with Crippen LogP contribution in [-0.2, 0) is 9.53 Å². The summed E-state index contributed by atoms with van der Waals surface area (Å²) in [6.07, 6.45) is 1.20. The van der Waals surface area contributed by atoms with E-state index in [4.69, 9.17) is 0 Å². The van der Waals surface area contributed by atoms with Crippen LogP contribution in [0.5, 0.6) is 0 Å². The highest BCUT2D eigenvalue weighted by Crippen LogP contribution is 2.15. The molecule has 0 aliphatic carbocycles. The molecule has 0 atom stereocenters. The zero-order valence-electron chi connectivity index (χ0n) is 9.74. The maximum atomic E-state index is 11.3. The van der Waals surface area contributed by atoms with Gasteiger partial charge in [-0.1, -0.05) is 6.58 Å². The van der Waals surface area contributed by atoms with E-state index < -0.39 is 5.97 Å². The smallest absolute Gasteiger partial charge is 0.338 e. The number of aryl methyl sites for hydroxylation is 1. The zero-order chi connectivity index (χ0) is 12.8. The molecule has 1 aromatic carbocycles. The topological polar surface area (TPSA) is 55.4 Å². The minimum atomic E-state index is -0.397. The summed E-state index contributed by atoms with van der Waals surface area (Å²) in [5.41, 5.74) is 4.19. The molecule has 0 saturated heterocycles. The summed E-state index contributed by atoms with van der Waals surface area (Å²) in [7, 11) is 1.33. The molecule has 1 aromatic rings. The second-order valence-electron chi connectivity index (χ2n) is 3.36. The maximum Gasteiger partial charge on any atom is 0.338 e. The van der Waals surface area contributed by atoms with Gasteiger partial charge in [0.05, 0.1) is 12.7 Å². The van der Waals surface area contributed by atoms with Crippen molar-refractivity contribution in [2.45, 2.75) is 6.92 Å². The Morgan fingerprint density at radius 3 is 2.71 bits per heavy atom. The summed E-state index contributed by atoms with van der Waals surface area (Å²) < 4.78 is 4.63. The van der Waals surface area contributed by atoms with E-state index in [1.165, 1.54) is 13.2 Å². The molecule has 0 fully saturated rings. The Kier molecular flexibility index (Phi) is 4.26. The number of hydrogen-bond acceptors (Lipinski definition) is 3. The first-order chi connectivity index (χ1) is 8.08. The number of benzene rings is 1. The largest absolute Gasteiger partial charge is 0.465 e. The van der Waals surface area contributed by atoms with Crippen molar-refractivity contribution in [2.75, 3.05) is 12.4 Å². The van der Waals surface area contributed by atoms with Crippen LogP contribution < -0.4 is 5.32 Å². The third-order valence-electron chi connectivity index (χ3n) is 2.13. The standard InChI is InChI=1S/C13H13NO3/c1-4-5-12(15)14-10-6-7-11(9(2)8-10)13(16)17-3/h5-8H,1H2,2-3H3,(H,14,15). The van der Waals surface area contributed by atoms with Gasteiger partial charge in [0.1, 0.15) is 0 Å². The molecule has 0 bridgehead atoms. The van der Waals surface area contributed by atoms with Crippen LogP contribution in [0.2, 0.25) is 0 Å². The highest BCUT2D eigenvalue weighted by molar-refractivity contribution is 5.99. The van der Waals surface area contributed by atoms with Gasteiger partial charge in [-0.05, 0) is 30.7 Å². The zero-order valence-corrected chi connectivity index (χ0v) is 9.74. The van der Waals surface area contributed by atoms with Gasteiger partial charge < -0.3 is 10.1 Å². The fourth-order valence-electron chi connectivity index (χ4n) is 1.35. The van der Waals surface area contributed by atoms with Crippen molar-refractivity contribution in [1.29, 1.82) is 0 Å². The highest BCUT2D eigenvalue weighted by Gasteiger charge is 2.09. The Morgan fingerprint density at radius 2 is 2.18 bits per heavy atom. The lowest BCUT2D eigenvalue weighted by atomic mass is 10.1. The predicted octanol–water partition coefficient (Wildman–Crippen LogP) is 2.06. The maximum absolute atomic E-state index is 11.3. The second-order valence-corrected chi connectivity index (χ2v) is 3.36. The average molecular weight is 231 g/mol. The summed E-state index contributed by atoms with van der Waals surface area (Å²) >= 11 is 0. The van der Waals surface area contributed by atoms with Crippen molar-refractivity contribution in [3.05, 3.63) is 47.7 Å². The van der Waals surface area contributed by atoms with Gasteiger partial charge in [0.15, 0.2) is 0 Å². The van der Waals surface area contributed by atoms with Crippen LogP contribution in [0.4, 0.5) is 5.69 Å². The van der Waals surface area contributed by atoms with Gasteiger partial charge in [0.25, 0.3) is 5.91 Å². The molecule has 4 nitrogen and oxygen atoms in total. The number of anilines is 1. The molecule has 0 spiro atoms. The van der Waals surface area contributed by atoms with Gasteiger partial charge in [-0.3, -0.25) is 4.79 Å². The van der Waals surface area contributed by atoms with Crippen molar-refractivity contribution >= 4 is 17.6 Å². The third kappa shape index (κ3) is 3.33. The van der Waals surface area contributed by atoms with Crippen LogP contribution in [0.15, 0.2) is 36.6 Å². The lowest BCUT2D eigenvalue weighted by molar-refractivity contribution is -0.111. The van der Waals surface area contributed by atoms with E-state index in [2.05, 4.69) is 22.4 Å². The van der Waals surface area contributed by atoms with Crippen molar-refractivity contribution in [2.24, 2.45) is 0 Å². The number of amides is 1. The molecule has 4 heteroatoms. The fourth-order valence-corrected chi connectivity index (χ4v) is 1.35. The number of hydrogen-bond donors (Lipinski definition) is 1. The van der Waals surface area contributed by atoms with Gasteiger partial charge in [-0.15, -0.1) is 5.73 Å². The van der Waals surface area contributed by atoms with Crippen LogP contribution >= 0.6 is 0 Å². The van der Waals surface area contributed by atoms with Crippen LogP contribution in [0.1, 0.15) is 15.9 Å². The molecule has 88 valence electrons. The Morgan fingerprint density at radius 1 is 1.47 bits per heavy atom. The first-order valence-electron chi connectivity index (χ1n) is 4.94. The number of ether oxygens (including phenoxy) is 1. The molecule has 17 heavy (non-hydrogen) atoms. The van der Waals surface area contributed by atoms with Crippen LogP contribution in [0, 0.1) is 6.92 Å². The lowest BCUT2D eigenvalue weighted by Crippen LogP contribution is -2.09. The highest BCUT2D eigenvalue weighted by atomic mass is 16.5. The van der Waals surface area contributed by atoms with E-state index in [0.717, 1.165) is 5.56 Å². The first kappa shape index (κ1) is 12.7. The number of carbonyl (C=O) groups excluding carboxylic acids is 2. The fraction of sp³-hybridized carbons (Fsp3) is 0.154. The molecule has 0 radical (unpaired) electrons. The Hall–Kier alpha value is -2.32. The predicted molar refractivity (Wildman–Crippen MR) is 64.9 cm³/mol. The van der Waals surface area contributed by atoms with Crippen molar-refractivity contribution in [3.63, 3.8) is 0 Å². The number of rotatable bonds is 3. The summed E-state index contributed by atoms with van der Waals surface area (Å²) in [6, 6.07) is 4.93. The second kappa shape index (κ2) is 5.68. The molecule has 1 N–H and O–H groups in total. The minimum absolute atomic E-state index is 0.315. The Labute approximate surface area is 99.6 Å². The van der Waals surface area contributed by atoms with E-state index >= 15 is 0 Å². The molecule has 0 aromatic heterocycles. The lowest BCUT2D eigenvalue weighted by Gasteiger charge is -2.07. The molecule has 0 aliphatic heterocycles. The Bertz CT molecular complexity index is 499. The molecule has 1 amide bonds. The molecule has 0 unspecified atom stereocenters. The van der Waals surface area contributed by atoms with Crippen molar-refractivity contribution < 1.29 is 14.3 Å². The van der Waals surface area contributed by atoms with Gasteiger partial charge in [-0.2, -0.15) is 0 Å². The number of carbonyl (C=O) groups is 2. The number of nitrogens with one attached hydrogen (secondary N) is 1. The van der Waals surface area contributed by atoms with Crippen LogP contribution in [-0.4, -0.2) is 19.0 Å². The van der Waals surface area contributed by atoms with Crippen molar-refractivity contribution in [1.82, 2.24) is 0 Å². The van der Waals surface area contributed by atoms with E-state index in [0.29, 0.717) is 11.3 Å².